The zero-order chi connectivity index (χ0) is 13.0. The topological polar surface area (TPSA) is 38.7 Å². The van der Waals surface area contributed by atoms with E-state index in [9.17, 15) is 4.79 Å². The van der Waals surface area contributed by atoms with Crippen LogP contribution in [0.4, 0.5) is 0 Å². The Kier molecular flexibility index (Phi) is 4.72. The van der Waals surface area contributed by atoms with Crippen LogP contribution in [0.15, 0.2) is 29.3 Å². The molecule has 1 aliphatic rings. The van der Waals surface area contributed by atoms with Crippen molar-refractivity contribution in [1.82, 2.24) is 0 Å². The fraction of sp³-hybridized carbons (Fsp3) is 0.385. The molecule has 1 unspecified atom stereocenters. The molecule has 1 aromatic carbocycles. The molecule has 0 saturated carbocycles. The molecule has 0 aliphatic carbocycles. The van der Waals surface area contributed by atoms with Gasteiger partial charge in [0.2, 0.25) is 0 Å². The van der Waals surface area contributed by atoms with E-state index >= 15 is 0 Å². The summed E-state index contributed by atoms with van der Waals surface area (Å²) in [6.07, 6.45) is 0. The van der Waals surface area contributed by atoms with Crippen molar-refractivity contribution in [3.8, 4) is 0 Å². The third-order valence-corrected chi connectivity index (χ3v) is 5.06. The van der Waals surface area contributed by atoms with Crippen molar-refractivity contribution < 1.29 is 9.53 Å². The number of rotatable bonds is 3. The van der Waals surface area contributed by atoms with E-state index in [0.29, 0.717) is 11.6 Å². The van der Waals surface area contributed by atoms with Gasteiger partial charge in [-0.25, -0.2) is 4.79 Å². The first kappa shape index (κ1) is 13.5. The van der Waals surface area contributed by atoms with Crippen LogP contribution in [-0.4, -0.2) is 29.2 Å². The van der Waals surface area contributed by atoms with E-state index in [0.717, 1.165) is 21.4 Å². The standard InChI is InChI=1S/C13H15NO2S2/c1-9-7-17-13(14-9)18-8-10-5-3-4-6-11(10)12(15)16-2/h3-6,9H,7-8H2,1-2H3. The van der Waals surface area contributed by atoms with Crippen LogP contribution >= 0.6 is 23.5 Å². The minimum absolute atomic E-state index is 0.277. The van der Waals surface area contributed by atoms with E-state index in [1.807, 2.05) is 18.2 Å². The zero-order valence-corrected chi connectivity index (χ0v) is 12.0. The lowest BCUT2D eigenvalue weighted by molar-refractivity contribution is 0.0600. The second kappa shape index (κ2) is 6.29. The molecule has 3 nitrogen and oxygen atoms in total. The minimum atomic E-state index is -0.277. The Hall–Kier alpha value is -0.940. The maximum absolute atomic E-state index is 11.6. The van der Waals surface area contributed by atoms with Crippen LogP contribution in [0.3, 0.4) is 0 Å². The molecule has 2 rings (SSSR count). The van der Waals surface area contributed by atoms with E-state index in [1.165, 1.54) is 7.11 Å². The first-order chi connectivity index (χ1) is 8.70. The number of methoxy groups -OCH3 is 1. The van der Waals surface area contributed by atoms with Gasteiger partial charge in [-0.05, 0) is 18.6 Å². The number of hydrogen-bond donors (Lipinski definition) is 0. The predicted octanol–water partition coefficient (Wildman–Crippen LogP) is 3.20. The van der Waals surface area contributed by atoms with Crippen molar-refractivity contribution in [1.29, 1.82) is 0 Å². The van der Waals surface area contributed by atoms with Gasteiger partial charge in [-0.15, -0.1) is 0 Å². The molecular weight excluding hydrogens is 266 g/mol. The highest BCUT2D eigenvalue weighted by atomic mass is 32.2. The zero-order valence-electron chi connectivity index (χ0n) is 10.4. The van der Waals surface area contributed by atoms with Crippen LogP contribution < -0.4 is 0 Å². The van der Waals surface area contributed by atoms with Gasteiger partial charge in [0.05, 0.1) is 18.7 Å². The summed E-state index contributed by atoms with van der Waals surface area (Å²) in [6, 6.07) is 7.96. The van der Waals surface area contributed by atoms with Gasteiger partial charge < -0.3 is 4.74 Å². The molecule has 0 N–H and O–H groups in total. The van der Waals surface area contributed by atoms with Crippen LogP contribution in [0.25, 0.3) is 0 Å². The quantitative estimate of drug-likeness (QED) is 0.798. The van der Waals surface area contributed by atoms with Gasteiger partial charge in [0, 0.05) is 11.5 Å². The van der Waals surface area contributed by atoms with Crippen molar-refractivity contribution in [3.05, 3.63) is 35.4 Å². The smallest absolute Gasteiger partial charge is 0.338 e. The van der Waals surface area contributed by atoms with Gasteiger partial charge in [0.1, 0.15) is 4.38 Å². The van der Waals surface area contributed by atoms with Crippen molar-refractivity contribution >= 4 is 33.9 Å². The van der Waals surface area contributed by atoms with E-state index < -0.39 is 0 Å². The van der Waals surface area contributed by atoms with Crippen molar-refractivity contribution in [2.75, 3.05) is 12.9 Å². The number of thioether (sulfide) groups is 2. The molecule has 0 aromatic heterocycles. The molecule has 5 heteroatoms. The van der Waals surface area contributed by atoms with Gasteiger partial charge in [-0.2, -0.15) is 0 Å². The number of benzene rings is 1. The van der Waals surface area contributed by atoms with Crippen molar-refractivity contribution in [3.63, 3.8) is 0 Å². The number of nitrogens with zero attached hydrogens (tertiary/aromatic N) is 1. The highest BCUT2D eigenvalue weighted by molar-refractivity contribution is 8.38. The molecule has 0 amide bonds. The Morgan fingerprint density at radius 1 is 1.56 bits per heavy atom. The maximum Gasteiger partial charge on any atom is 0.338 e. The normalized spacial score (nSPS) is 18.6. The molecule has 1 aliphatic heterocycles. The molecule has 1 aromatic rings. The number of esters is 1. The molecule has 18 heavy (non-hydrogen) atoms. The first-order valence-electron chi connectivity index (χ1n) is 5.70. The summed E-state index contributed by atoms with van der Waals surface area (Å²) in [5.74, 6) is 1.53. The van der Waals surface area contributed by atoms with Crippen molar-refractivity contribution in [2.45, 2.75) is 18.7 Å². The van der Waals surface area contributed by atoms with E-state index in [1.54, 1.807) is 29.6 Å². The Morgan fingerprint density at radius 3 is 3.00 bits per heavy atom. The fourth-order valence-electron chi connectivity index (χ4n) is 1.62. The number of ether oxygens (including phenoxy) is 1. The lowest BCUT2D eigenvalue weighted by atomic mass is 10.1. The van der Waals surface area contributed by atoms with Gasteiger partial charge in [0.15, 0.2) is 0 Å². The summed E-state index contributed by atoms with van der Waals surface area (Å²) in [5, 5.41) is 0. The summed E-state index contributed by atoms with van der Waals surface area (Å²) >= 11 is 3.47. The van der Waals surface area contributed by atoms with E-state index in [2.05, 4.69) is 11.9 Å². The monoisotopic (exact) mass is 281 g/mol. The van der Waals surface area contributed by atoms with Crippen LogP contribution in [0.2, 0.25) is 0 Å². The van der Waals surface area contributed by atoms with Crippen LogP contribution in [0, 0.1) is 0 Å². The van der Waals surface area contributed by atoms with Gasteiger partial charge in [-0.1, -0.05) is 41.7 Å². The van der Waals surface area contributed by atoms with Gasteiger partial charge >= 0.3 is 5.97 Å². The van der Waals surface area contributed by atoms with Crippen LogP contribution in [-0.2, 0) is 10.5 Å². The Bertz CT molecular complexity index is 474. The first-order valence-corrected chi connectivity index (χ1v) is 7.67. The Labute approximate surface area is 115 Å². The van der Waals surface area contributed by atoms with Gasteiger partial charge in [0.25, 0.3) is 0 Å². The fourth-order valence-corrected chi connectivity index (χ4v) is 3.83. The lowest BCUT2D eigenvalue weighted by Gasteiger charge is -2.06. The summed E-state index contributed by atoms with van der Waals surface area (Å²) in [7, 11) is 1.41. The average molecular weight is 281 g/mol. The van der Waals surface area contributed by atoms with E-state index in [-0.39, 0.29) is 5.97 Å². The third kappa shape index (κ3) is 3.29. The molecule has 1 heterocycles. The molecule has 0 saturated heterocycles. The largest absolute Gasteiger partial charge is 0.465 e. The highest BCUT2D eigenvalue weighted by Gasteiger charge is 2.16. The second-order valence-corrected chi connectivity index (χ2v) is 6.22. The van der Waals surface area contributed by atoms with Crippen molar-refractivity contribution in [2.24, 2.45) is 4.99 Å². The Morgan fingerprint density at radius 2 is 2.33 bits per heavy atom. The summed E-state index contributed by atoms with van der Waals surface area (Å²) < 4.78 is 5.90. The van der Waals surface area contributed by atoms with Gasteiger partial charge in [-0.3, -0.25) is 4.99 Å². The van der Waals surface area contributed by atoms with Crippen LogP contribution in [0.1, 0.15) is 22.8 Å². The van der Waals surface area contributed by atoms with Crippen LogP contribution in [0.5, 0.6) is 0 Å². The minimum Gasteiger partial charge on any atom is -0.465 e. The second-order valence-electron chi connectivity index (χ2n) is 3.99. The number of hydrogen-bond acceptors (Lipinski definition) is 5. The molecule has 0 bridgehead atoms. The summed E-state index contributed by atoms with van der Waals surface area (Å²) in [5.41, 5.74) is 1.64. The number of carbonyl (C=O) groups excluding carboxylic acids is 1. The SMILES string of the molecule is COC(=O)c1ccccc1CSC1=NC(C)CS1. The maximum atomic E-state index is 11.6. The summed E-state index contributed by atoms with van der Waals surface area (Å²) in [6.45, 7) is 2.11. The molecule has 0 fully saturated rings. The van der Waals surface area contributed by atoms with E-state index in [4.69, 9.17) is 4.74 Å². The molecule has 0 radical (unpaired) electrons. The molecule has 96 valence electrons. The number of carbonyl (C=O) groups is 1. The molecule has 1 atom stereocenters. The third-order valence-electron chi connectivity index (χ3n) is 2.55. The molecule has 0 spiro atoms. The summed E-state index contributed by atoms with van der Waals surface area (Å²) in [4.78, 5) is 16.1. The lowest BCUT2D eigenvalue weighted by Crippen LogP contribution is -2.05. The highest BCUT2D eigenvalue weighted by Crippen LogP contribution is 2.29. The Balaban J connectivity index is 2.05. The predicted molar refractivity (Wildman–Crippen MR) is 78.4 cm³/mol. The molecular formula is C13H15NO2S2. The number of aliphatic imine (C=N–C) groups is 1. The average Bonchev–Trinajstić information content (AvgIpc) is 2.81.